The molecular formula is C13H21NO2. The summed E-state index contributed by atoms with van der Waals surface area (Å²) in [5.41, 5.74) is 7.84. The molecule has 0 aliphatic heterocycles. The van der Waals surface area contributed by atoms with Gasteiger partial charge in [0.2, 0.25) is 0 Å². The number of hydrogen-bond acceptors (Lipinski definition) is 3. The Hall–Kier alpha value is -1.06. The molecule has 0 saturated carbocycles. The summed E-state index contributed by atoms with van der Waals surface area (Å²) in [7, 11) is 1.65. The molecule has 0 fully saturated rings. The molecular weight excluding hydrogens is 202 g/mol. The summed E-state index contributed by atoms with van der Waals surface area (Å²) in [6.07, 6.45) is 0.315. The van der Waals surface area contributed by atoms with Gasteiger partial charge in [-0.15, -0.1) is 0 Å². The fourth-order valence-corrected chi connectivity index (χ4v) is 1.87. The maximum absolute atomic E-state index is 9.88. The number of ether oxygens (including phenoxy) is 1. The highest BCUT2D eigenvalue weighted by Gasteiger charge is 2.18. The summed E-state index contributed by atoms with van der Waals surface area (Å²) in [6, 6.07) is 5.97. The van der Waals surface area contributed by atoms with Crippen LogP contribution in [-0.4, -0.2) is 24.9 Å². The summed E-state index contributed by atoms with van der Waals surface area (Å²) in [5.74, 6) is 0.832. The van der Waals surface area contributed by atoms with Crippen LogP contribution >= 0.6 is 0 Å². The van der Waals surface area contributed by atoms with Gasteiger partial charge in [0, 0.05) is 12.5 Å². The molecule has 1 aromatic rings. The second kappa shape index (κ2) is 5.87. The first-order chi connectivity index (χ1) is 7.63. The zero-order chi connectivity index (χ0) is 12.1. The normalized spacial score (nSPS) is 14.6. The topological polar surface area (TPSA) is 55.5 Å². The Kier molecular flexibility index (Phi) is 4.77. The van der Waals surface area contributed by atoms with Crippen LogP contribution in [0.1, 0.15) is 30.4 Å². The van der Waals surface area contributed by atoms with Crippen LogP contribution in [0, 0.1) is 6.92 Å². The number of aliphatic hydroxyl groups excluding tert-OH is 1. The minimum absolute atomic E-state index is 0.0144. The predicted octanol–water partition coefficient (Wildman–Crippen LogP) is 1.82. The van der Waals surface area contributed by atoms with Crippen molar-refractivity contribution in [2.24, 2.45) is 5.73 Å². The second-order valence-corrected chi connectivity index (χ2v) is 4.05. The summed E-state index contributed by atoms with van der Waals surface area (Å²) in [6.45, 7) is 4.40. The van der Waals surface area contributed by atoms with E-state index in [0.29, 0.717) is 13.0 Å². The predicted molar refractivity (Wildman–Crippen MR) is 65.8 cm³/mol. The van der Waals surface area contributed by atoms with Crippen molar-refractivity contribution in [3.63, 3.8) is 0 Å². The van der Waals surface area contributed by atoms with E-state index in [1.807, 2.05) is 32.0 Å². The average molecular weight is 223 g/mol. The van der Waals surface area contributed by atoms with Crippen molar-refractivity contribution in [1.29, 1.82) is 0 Å². The SMILES string of the molecule is CCC(O)C(CN)c1ccc(C)c(OC)c1. The highest BCUT2D eigenvalue weighted by Crippen LogP contribution is 2.26. The minimum atomic E-state index is -0.391. The standard InChI is InChI=1S/C13H21NO2/c1-4-12(15)11(8-14)10-6-5-9(2)13(7-10)16-3/h5-7,11-12,15H,4,8,14H2,1-3H3. The van der Waals surface area contributed by atoms with E-state index in [1.165, 1.54) is 0 Å². The number of benzene rings is 1. The largest absolute Gasteiger partial charge is 0.496 e. The van der Waals surface area contributed by atoms with Gasteiger partial charge < -0.3 is 15.6 Å². The molecule has 3 heteroatoms. The molecule has 2 unspecified atom stereocenters. The maximum Gasteiger partial charge on any atom is 0.122 e. The minimum Gasteiger partial charge on any atom is -0.496 e. The lowest BCUT2D eigenvalue weighted by Gasteiger charge is -2.21. The molecule has 0 aliphatic rings. The molecule has 0 saturated heterocycles. The van der Waals surface area contributed by atoms with Crippen LogP contribution in [0.3, 0.4) is 0 Å². The van der Waals surface area contributed by atoms with E-state index in [4.69, 9.17) is 10.5 Å². The van der Waals surface area contributed by atoms with Gasteiger partial charge in [0.1, 0.15) is 5.75 Å². The van der Waals surface area contributed by atoms with Crippen molar-refractivity contribution in [1.82, 2.24) is 0 Å². The first-order valence-corrected chi connectivity index (χ1v) is 5.66. The van der Waals surface area contributed by atoms with E-state index < -0.39 is 6.10 Å². The lowest BCUT2D eigenvalue weighted by molar-refractivity contribution is 0.141. The molecule has 0 radical (unpaired) electrons. The molecule has 3 nitrogen and oxygen atoms in total. The van der Waals surface area contributed by atoms with Crippen LogP contribution in [0.15, 0.2) is 18.2 Å². The summed E-state index contributed by atoms with van der Waals surface area (Å²) >= 11 is 0. The third-order valence-corrected chi connectivity index (χ3v) is 3.00. The van der Waals surface area contributed by atoms with Gasteiger partial charge in [-0.05, 0) is 30.5 Å². The number of methoxy groups -OCH3 is 1. The lowest BCUT2D eigenvalue weighted by Crippen LogP contribution is -2.25. The smallest absolute Gasteiger partial charge is 0.122 e. The van der Waals surface area contributed by atoms with Gasteiger partial charge in [-0.25, -0.2) is 0 Å². The van der Waals surface area contributed by atoms with Gasteiger partial charge in [-0.3, -0.25) is 0 Å². The molecule has 1 aromatic carbocycles. The number of aliphatic hydroxyl groups is 1. The molecule has 2 atom stereocenters. The van der Waals surface area contributed by atoms with E-state index in [0.717, 1.165) is 16.9 Å². The fourth-order valence-electron chi connectivity index (χ4n) is 1.87. The van der Waals surface area contributed by atoms with E-state index in [2.05, 4.69) is 0 Å². The Morgan fingerprint density at radius 2 is 2.12 bits per heavy atom. The Morgan fingerprint density at radius 1 is 1.44 bits per heavy atom. The van der Waals surface area contributed by atoms with Gasteiger partial charge in [-0.1, -0.05) is 19.1 Å². The van der Waals surface area contributed by atoms with E-state index in [1.54, 1.807) is 7.11 Å². The van der Waals surface area contributed by atoms with Gasteiger partial charge in [0.15, 0.2) is 0 Å². The number of nitrogens with two attached hydrogens (primary N) is 1. The van der Waals surface area contributed by atoms with Crippen molar-refractivity contribution in [2.45, 2.75) is 32.3 Å². The van der Waals surface area contributed by atoms with Gasteiger partial charge >= 0.3 is 0 Å². The first kappa shape index (κ1) is 13.0. The Morgan fingerprint density at radius 3 is 2.62 bits per heavy atom. The van der Waals surface area contributed by atoms with Gasteiger partial charge in [0.05, 0.1) is 13.2 Å². The zero-order valence-electron chi connectivity index (χ0n) is 10.2. The summed E-state index contributed by atoms with van der Waals surface area (Å²) in [4.78, 5) is 0. The second-order valence-electron chi connectivity index (χ2n) is 4.05. The van der Waals surface area contributed by atoms with Crippen LogP contribution in [-0.2, 0) is 0 Å². The molecule has 0 aliphatic carbocycles. The van der Waals surface area contributed by atoms with Crippen LogP contribution in [0.25, 0.3) is 0 Å². The molecule has 16 heavy (non-hydrogen) atoms. The van der Waals surface area contributed by atoms with Crippen molar-refractivity contribution in [2.75, 3.05) is 13.7 Å². The number of rotatable bonds is 5. The monoisotopic (exact) mass is 223 g/mol. The zero-order valence-corrected chi connectivity index (χ0v) is 10.2. The first-order valence-electron chi connectivity index (χ1n) is 5.66. The molecule has 3 N–H and O–H groups in total. The Labute approximate surface area is 97.2 Å². The van der Waals surface area contributed by atoms with Crippen LogP contribution < -0.4 is 10.5 Å². The van der Waals surface area contributed by atoms with E-state index >= 15 is 0 Å². The fraction of sp³-hybridized carbons (Fsp3) is 0.538. The van der Waals surface area contributed by atoms with E-state index in [9.17, 15) is 5.11 Å². The lowest BCUT2D eigenvalue weighted by atomic mass is 9.91. The quantitative estimate of drug-likeness (QED) is 0.800. The Balaban J connectivity index is 3.01. The van der Waals surface area contributed by atoms with Crippen molar-refractivity contribution in [3.05, 3.63) is 29.3 Å². The molecule has 1 rings (SSSR count). The van der Waals surface area contributed by atoms with Crippen molar-refractivity contribution >= 4 is 0 Å². The van der Waals surface area contributed by atoms with Crippen LogP contribution in [0.5, 0.6) is 5.75 Å². The molecule has 0 spiro atoms. The highest BCUT2D eigenvalue weighted by atomic mass is 16.5. The number of hydrogen-bond donors (Lipinski definition) is 2. The van der Waals surface area contributed by atoms with Crippen molar-refractivity contribution in [3.8, 4) is 5.75 Å². The molecule has 90 valence electrons. The van der Waals surface area contributed by atoms with E-state index in [-0.39, 0.29) is 5.92 Å². The summed E-state index contributed by atoms with van der Waals surface area (Å²) in [5, 5.41) is 9.88. The molecule has 0 heterocycles. The average Bonchev–Trinajstić information content (AvgIpc) is 2.31. The molecule has 0 aromatic heterocycles. The van der Waals surface area contributed by atoms with Gasteiger partial charge in [0.25, 0.3) is 0 Å². The maximum atomic E-state index is 9.88. The third-order valence-electron chi connectivity index (χ3n) is 3.00. The van der Waals surface area contributed by atoms with Crippen LogP contribution in [0.4, 0.5) is 0 Å². The van der Waals surface area contributed by atoms with Gasteiger partial charge in [-0.2, -0.15) is 0 Å². The van der Waals surface area contributed by atoms with Crippen molar-refractivity contribution < 1.29 is 9.84 Å². The third kappa shape index (κ3) is 2.74. The Bertz CT molecular complexity index is 339. The summed E-state index contributed by atoms with van der Waals surface area (Å²) < 4.78 is 5.27. The number of aryl methyl sites for hydroxylation is 1. The molecule has 0 bridgehead atoms. The van der Waals surface area contributed by atoms with Crippen LogP contribution in [0.2, 0.25) is 0 Å². The highest BCUT2D eigenvalue weighted by molar-refractivity contribution is 5.38. The molecule has 0 amide bonds.